The molecule has 0 aliphatic carbocycles. The second-order valence-corrected chi connectivity index (χ2v) is 13.3. The fourth-order valence-electron chi connectivity index (χ4n) is 5.09. The molecule has 0 unspecified atom stereocenters. The van der Waals surface area contributed by atoms with Crippen molar-refractivity contribution in [2.75, 3.05) is 0 Å². The molecule has 0 spiro atoms. The molecule has 0 radical (unpaired) electrons. The van der Waals surface area contributed by atoms with Crippen LogP contribution in [0.3, 0.4) is 0 Å². The van der Waals surface area contributed by atoms with Crippen molar-refractivity contribution in [2.45, 2.75) is 37.5 Å². The first-order chi connectivity index (χ1) is 20.5. The van der Waals surface area contributed by atoms with Gasteiger partial charge >= 0.3 is 0 Å². The van der Waals surface area contributed by atoms with Crippen molar-refractivity contribution >= 4 is 54.9 Å². The third kappa shape index (κ3) is 4.73. The average Bonchev–Trinajstić information content (AvgIpc) is 3.50. The van der Waals surface area contributed by atoms with Crippen LogP contribution in [0.25, 0.3) is 43.1 Å². The van der Waals surface area contributed by atoms with E-state index in [1.165, 1.54) is 11.8 Å². The molecule has 0 fully saturated rings. The SMILES string of the molecule is Cc1sc2nc(-c3ccccn3)nc(Sc3nc4sc(C)c(C)c4c(=O)n3Cc3ccccc3)c2c1-c1ccccc1. The maximum atomic E-state index is 14.1. The van der Waals surface area contributed by atoms with E-state index in [4.69, 9.17) is 15.0 Å². The predicted octanol–water partition coefficient (Wildman–Crippen LogP) is 8.32. The summed E-state index contributed by atoms with van der Waals surface area (Å²) in [5, 5.41) is 3.01. The fraction of sp³-hybridized carbons (Fsp3) is 0.121. The summed E-state index contributed by atoms with van der Waals surface area (Å²) >= 11 is 4.63. The topological polar surface area (TPSA) is 73.6 Å². The molecule has 9 heteroatoms. The highest BCUT2D eigenvalue weighted by molar-refractivity contribution is 7.99. The van der Waals surface area contributed by atoms with E-state index < -0.39 is 0 Å². The van der Waals surface area contributed by atoms with Crippen molar-refractivity contribution in [3.05, 3.63) is 116 Å². The maximum Gasteiger partial charge on any atom is 0.263 e. The zero-order valence-electron chi connectivity index (χ0n) is 23.2. The lowest BCUT2D eigenvalue weighted by molar-refractivity contribution is 0.658. The smallest absolute Gasteiger partial charge is 0.263 e. The van der Waals surface area contributed by atoms with Crippen molar-refractivity contribution in [1.82, 2.24) is 24.5 Å². The summed E-state index contributed by atoms with van der Waals surface area (Å²) in [6, 6.07) is 26.1. The predicted molar refractivity (Wildman–Crippen MR) is 174 cm³/mol. The first kappa shape index (κ1) is 26.7. The summed E-state index contributed by atoms with van der Waals surface area (Å²) in [7, 11) is 0. The van der Waals surface area contributed by atoms with Gasteiger partial charge in [0.25, 0.3) is 5.56 Å². The van der Waals surface area contributed by atoms with Gasteiger partial charge in [-0.2, -0.15) is 0 Å². The Morgan fingerprint density at radius 2 is 1.45 bits per heavy atom. The maximum absolute atomic E-state index is 14.1. The van der Waals surface area contributed by atoms with Crippen LogP contribution in [0.15, 0.2) is 100 Å². The van der Waals surface area contributed by atoms with Crippen LogP contribution >= 0.6 is 34.4 Å². The molecule has 5 heterocycles. The number of pyridine rings is 1. The zero-order valence-corrected chi connectivity index (χ0v) is 25.6. The van der Waals surface area contributed by atoms with Gasteiger partial charge < -0.3 is 0 Å². The Hall–Kier alpha value is -4.18. The first-order valence-corrected chi connectivity index (χ1v) is 15.9. The summed E-state index contributed by atoms with van der Waals surface area (Å²) in [6.07, 6.45) is 1.75. The van der Waals surface area contributed by atoms with Gasteiger partial charge in [-0.1, -0.05) is 66.7 Å². The average molecular weight is 604 g/mol. The number of aromatic nitrogens is 5. The molecule has 0 aliphatic heterocycles. The minimum Gasteiger partial charge on any atom is -0.282 e. The molecule has 0 amide bonds. The quantitative estimate of drug-likeness (QED) is 0.141. The molecule has 2 aromatic carbocycles. The van der Waals surface area contributed by atoms with Crippen molar-refractivity contribution in [1.29, 1.82) is 0 Å². The van der Waals surface area contributed by atoms with Crippen LogP contribution in [-0.2, 0) is 6.54 Å². The highest BCUT2D eigenvalue weighted by Crippen LogP contribution is 2.44. The Morgan fingerprint density at radius 3 is 2.19 bits per heavy atom. The first-order valence-electron chi connectivity index (χ1n) is 13.5. The summed E-state index contributed by atoms with van der Waals surface area (Å²) in [6.45, 7) is 6.58. The van der Waals surface area contributed by atoms with Crippen LogP contribution in [0.5, 0.6) is 0 Å². The molecular weight excluding hydrogens is 579 g/mol. The van der Waals surface area contributed by atoms with Gasteiger partial charge in [-0.3, -0.25) is 14.3 Å². The number of fused-ring (bicyclic) bond motifs is 2. The number of rotatable bonds is 6. The number of hydrogen-bond donors (Lipinski definition) is 0. The summed E-state index contributed by atoms with van der Waals surface area (Å²) < 4.78 is 1.79. The normalized spacial score (nSPS) is 11.5. The molecule has 5 aromatic heterocycles. The van der Waals surface area contributed by atoms with Gasteiger partial charge in [-0.05, 0) is 61.4 Å². The molecule has 6 nitrogen and oxygen atoms in total. The lowest BCUT2D eigenvalue weighted by atomic mass is 10.0. The van der Waals surface area contributed by atoms with E-state index in [2.05, 4.69) is 24.0 Å². The van der Waals surface area contributed by atoms with Crippen molar-refractivity contribution < 1.29 is 0 Å². The van der Waals surface area contributed by atoms with Crippen molar-refractivity contribution in [2.24, 2.45) is 0 Å². The van der Waals surface area contributed by atoms with Crippen LogP contribution in [-0.4, -0.2) is 24.5 Å². The molecule has 0 aliphatic rings. The zero-order chi connectivity index (χ0) is 28.8. The van der Waals surface area contributed by atoms with E-state index in [1.54, 1.807) is 33.4 Å². The van der Waals surface area contributed by atoms with Crippen LogP contribution < -0.4 is 5.56 Å². The van der Waals surface area contributed by atoms with E-state index in [0.29, 0.717) is 28.6 Å². The third-order valence-electron chi connectivity index (χ3n) is 7.28. The van der Waals surface area contributed by atoms with E-state index in [1.807, 2.05) is 80.6 Å². The van der Waals surface area contributed by atoms with Crippen molar-refractivity contribution in [3.8, 4) is 22.6 Å². The molecule has 42 heavy (non-hydrogen) atoms. The molecular formula is C33H25N5OS3. The molecule has 0 atom stereocenters. The molecule has 0 saturated heterocycles. The summed E-state index contributed by atoms with van der Waals surface area (Å²) in [4.78, 5) is 37.7. The van der Waals surface area contributed by atoms with E-state index in [-0.39, 0.29) is 5.56 Å². The number of hydrogen-bond acceptors (Lipinski definition) is 8. The second-order valence-electron chi connectivity index (χ2n) is 9.98. The van der Waals surface area contributed by atoms with Crippen molar-refractivity contribution in [3.63, 3.8) is 0 Å². The summed E-state index contributed by atoms with van der Waals surface area (Å²) in [5.41, 5.74) is 4.90. The Kier molecular flexibility index (Phi) is 6.93. The van der Waals surface area contributed by atoms with Gasteiger partial charge in [-0.25, -0.2) is 15.0 Å². The minimum atomic E-state index is -0.0340. The lowest BCUT2D eigenvalue weighted by Crippen LogP contribution is -2.24. The fourth-order valence-corrected chi connectivity index (χ4v) is 8.28. The standard InChI is InChI=1S/C33H25N5OS3/c1-19-20(2)40-29-25(19)32(39)38(18-22-12-6-4-7-13-22)33(37-29)42-31-27-26(23-14-8-5-9-15-23)21(3)41-30(27)35-28(36-31)24-16-10-11-17-34-24/h4-17H,18H2,1-3H3. The van der Waals surface area contributed by atoms with Gasteiger partial charge in [0.1, 0.15) is 20.4 Å². The Labute approximate surface area is 254 Å². The monoisotopic (exact) mass is 603 g/mol. The van der Waals surface area contributed by atoms with Crippen LogP contribution in [0.1, 0.15) is 20.9 Å². The number of thiophene rings is 2. The molecule has 0 bridgehead atoms. The van der Waals surface area contributed by atoms with E-state index in [0.717, 1.165) is 52.1 Å². The number of aryl methyl sites for hydroxylation is 3. The molecule has 7 rings (SSSR count). The Morgan fingerprint density at radius 1 is 0.762 bits per heavy atom. The van der Waals surface area contributed by atoms with Gasteiger partial charge in [0, 0.05) is 21.5 Å². The second kappa shape index (κ2) is 10.9. The summed E-state index contributed by atoms with van der Waals surface area (Å²) in [5.74, 6) is 0.548. The molecule has 0 N–H and O–H groups in total. The van der Waals surface area contributed by atoms with Crippen LogP contribution in [0.4, 0.5) is 0 Å². The van der Waals surface area contributed by atoms with Gasteiger partial charge in [-0.15, -0.1) is 22.7 Å². The highest BCUT2D eigenvalue weighted by Gasteiger charge is 2.23. The lowest BCUT2D eigenvalue weighted by Gasteiger charge is -2.14. The van der Waals surface area contributed by atoms with Crippen LogP contribution in [0, 0.1) is 20.8 Å². The Balaban J connectivity index is 1.49. The Bertz CT molecular complexity index is 2140. The van der Waals surface area contributed by atoms with Gasteiger partial charge in [0.05, 0.1) is 17.3 Å². The minimum absolute atomic E-state index is 0.0340. The van der Waals surface area contributed by atoms with Gasteiger partial charge in [0.2, 0.25) is 0 Å². The third-order valence-corrected chi connectivity index (χ3v) is 10.4. The largest absolute Gasteiger partial charge is 0.282 e. The molecule has 0 saturated carbocycles. The molecule has 7 aromatic rings. The van der Waals surface area contributed by atoms with E-state index >= 15 is 0 Å². The highest BCUT2D eigenvalue weighted by atomic mass is 32.2. The number of nitrogens with zero attached hydrogens (tertiary/aromatic N) is 5. The van der Waals surface area contributed by atoms with E-state index in [9.17, 15) is 4.79 Å². The van der Waals surface area contributed by atoms with Crippen LogP contribution in [0.2, 0.25) is 0 Å². The molecule has 206 valence electrons. The van der Waals surface area contributed by atoms with Gasteiger partial charge in [0.15, 0.2) is 11.0 Å². The number of benzene rings is 2.